The number of nitrogens with one attached hydrogen (secondary N) is 2. The van der Waals surface area contributed by atoms with Gasteiger partial charge in [-0.05, 0) is 49.9 Å². The van der Waals surface area contributed by atoms with Crippen LogP contribution in [0.25, 0.3) is 22.3 Å². The predicted molar refractivity (Wildman–Crippen MR) is 161 cm³/mol. The van der Waals surface area contributed by atoms with Crippen molar-refractivity contribution in [3.63, 3.8) is 0 Å². The van der Waals surface area contributed by atoms with E-state index in [1.165, 1.54) is 0 Å². The largest absolute Gasteiger partial charge is 0.494 e. The normalized spacial score (nSPS) is 17.3. The molecule has 214 valence electrons. The highest BCUT2D eigenvalue weighted by Gasteiger charge is 2.24. The third kappa shape index (κ3) is 7.03. The van der Waals surface area contributed by atoms with Crippen molar-refractivity contribution in [1.82, 2.24) is 25.2 Å². The third-order valence-corrected chi connectivity index (χ3v) is 7.16. The predicted octanol–water partition coefficient (Wildman–Crippen LogP) is 4.34. The lowest BCUT2D eigenvalue weighted by molar-refractivity contribution is -0.128. The van der Waals surface area contributed by atoms with E-state index in [1.807, 2.05) is 72.3 Å². The minimum Gasteiger partial charge on any atom is -0.494 e. The van der Waals surface area contributed by atoms with Gasteiger partial charge in [0.05, 0.1) is 18.7 Å². The molecule has 3 heterocycles. The third-order valence-electron chi connectivity index (χ3n) is 7.16. The van der Waals surface area contributed by atoms with E-state index in [9.17, 15) is 9.59 Å². The van der Waals surface area contributed by atoms with Gasteiger partial charge in [-0.2, -0.15) is 0 Å². The highest BCUT2D eigenvalue weighted by Crippen LogP contribution is 2.27. The zero-order valence-corrected chi connectivity index (χ0v) is 24.0. The van der Waals surface area contributed by atoms with Gasteiger partial charge in [0, 0.05) is 54.4 Å². The number of hydrogen-bond donors (Lipinski definition) is 2. The lowest BCUT2D eigenvalue weighted by atomic mass is 10.0. The monoisotopic (exact) mass is 554 g/mol. The van der Waals surface area contributed by atoms with Crippen LogP contribution in [0.5, 0.6) is 5.75 Å². The zero-order valence-electron chi connectivity index (χ0n) is 24.0. The van der Waals surface area contributed by atoms with Crippen LogP contribution in [-0.2, 0) is 16.1 Å². The Labute approximate surface area is 240 Å². The zero-order chi connectivity index (χ0) is 28.8. The summed E-state index contributed by atoms with van der Waals surface area (Å²) in [7, 11) is 0. The molecule has 1 aliphatic rings. The van der Waals surface area contributed by atoms with Gasteiger partial charge in [-0.15, -0.1) is 0 Å². The first-order chi connectivity index (χ1) is 19.9. The summed E-state index contributed by atoms with van der Waals surface area (Å²) < 4.78 is 8.16. The number of aryl methyl sites for hydroxylation is 1. The summed E-state index contributed by atoms with van der Waals surface area (Å²) in [6, 6.07) is 17.3. The van der Waals surface area contributed by atoms with Gasteiger partial charge in [-0.1, -0.05) is 44.2 Å². The van der Waals surface area contributed by atoms with Gasteiger partial charge in [0.15, 0.2) is 0 Å². The summed E-state index contributed by atoms with van der Waals surface area (Å²) in [6.45, 7) is 8.21. The molecule has 0 fully saturated rings. The lowest BCUT2D eigenvalue weighted by Crippen LogP contribution is -2.50. The number of nitrogens with zero attached hydrogens (tertiary/aromatic N) is 4. The molecular formula is C32H38N6O3. The van der Waals surface area contributed by atoms with Crippen molar-refractivity contribution in [3.05, 3.63) is 72.7 Å². The quantitative estimate of drug-likeness (QED) is 0.391. The number of aromatic nitrogens is 3. The van der Waals surface area contributed by atoms with Crippen LogP contribution in [-0.4, -0.2) is 58.6 Å². The number of imidazole rings is 1. The van der Waals surface area contributed by atoms with Crippen molar-refractivity contribution in [2.75, 3.05) is 31.1 Å². The summed E-state index contributed by atoms with van der Waals surface area (Å²) in [5, 5.41) is 7.03. The summed E-state index contributed by atoms with van der Waals surface area (Å²) in [5.74, 6) is 1.43. The van der Waals surface area contributed by atoms with Crippen molar-refractivity contribution in [2.24, 2.45) is 5.92 Å². The summed E-state index contributed by atoms with van der Waals surface area (Å²) in [4.78, 5) is 38.0. The Bertz CT molecular complexity index is 1510. The maximum atomic E-state index is 13.5. The average molecular weight is 555 g/mol. The number of carbonyl (C=O) groups excluding carboxylic acids is 2. The fraction of sp³-hybridized carbons (Fsp3) is 0.375. The Morgan fingerprint density at radius 1 is 1.07 bits per heavy atom. The van der Waals surface area contributed by atoms with Crippen molar-refractivity contribution in [1.29, 1.82) is 0 Å². The van der Waals surface area contributed by atoms with Gasteiger partial charge in [0.25, 0.3) is 0 Å². The molecule has 0 unspecified atom stereocenters. The van der Waals surface area contributed by atoms with Crippen molar-refractivity contribution in [2.45, 2.75) is 46.2 Å². The molecule has 0 saturated heterocycles. The van der Waals surface area contributed by atoms with Crippen LogP contribution in [0.1, 0.15) is 32.4 Å². The number of amides is 2. The number of carbonyl (C=O) groups is 2. The number of fused-ring (bicyclic) bond motifs is 5. The number of para-hydroxylation sites is 1. The fourth-order valence-electron chi connectivity index (χ4n) is 5.29. The molecule has 2 N–H and O–H groups in total. The Morgan fingerprint density at radius 2 is 1.93 bits per heavy atom. The van der Waals surface area contributed by atoms with Crippen molar-refractivity contribution < 1.29 is 14.3 Å². The Morgan fingerprint density at radius 3 is 2.78 bits per heavy atom. The smallest absolute Gasteiger partial charge is 0.242 e. The van der Waals surface area contributed by atoms with E-state index in [-0.39, 0.29) is 24.3 Å². The van der Waals surface area contributed by atoms with E-state index in [0.717, 1.165) is 39.4 Å². The Kier molecular flexibility index (Phi) is 8.82. The van der Waals surface area contributed by atoms with Crippen molar-refractivity contribution >= 4 is 28.4 Å². The number of anilines is 1. The SMILES string of the molecule is Cc1cc(N2CCCOc3cccc(c3)-c3nccn3CCNC(=O)[C@@H](CC(C)C)NC(=O)C2)c2ccccc2n1. The molecule has 0 spiro atoms. The summed E-state index contributed by atoms with van der Waals surface area (Å²) in [6.07, 6.45) is 4.90. The molecule has 1 aliphatic heterocycles. The first-order valence-electron chi connectivity index (χ1n) is 14.3. The first-order valence-corrected chi connectivity index (χ1v) is 14.3. The van der Waals surface area contributed by atoms with Crippen LogP contribution in [0.3, 0.4) is 0 Å². The molecule has 4 aromatic rings. The molecule has 2 amide bonds. The van der Waals surface area contributed by atoms with Gasteiger partial charge in [-0.3, -0.25) is 14.6 Å². The van der Waals surface area contributed by atoms with Gasteiger partial charge in [0.2, 0.25) is 11.8 Å². The van der Waals surface area contributed by atoms with Crippen LogP contribution >= 0.6 is 0 Å². The Balaban J connectivity index is 1.46. The highest BCUT2D eigenvalue weighted by molar-refractivity contribution is 5.95. The lowest BCUT2D eigenvalue weighted by Gasteiger charge is -2.28. The first kappa shape index (κ1) is 28.1. The minimum absolute atomic E-state index is 0.114. The maximum Gasteiger partial charge on any atom is 0.242 e. The van der Waals surface area contributed by atoms with Crippen LogP contribution in [0, 0.1) is 12.8 Å². The van der Waals surface area contributed by atoms with Gasteiger partial charge in [0.1, 0.15) is 17.6 Å². The summed E-state index contributed by atoms with van der Waals surface area (Å²) >= 11 is 0. The number of rotatable bonds is 3. The molecule has 9 nitrogen and oxygen atoms in total. The highest BCUT2D eigenvalue weighted by atomic mass is 16.5. The Hall–Kier alpha value is -4.40. The molecule has 0 radical (unpaired) electrons. The van der Waals surface area contributed by atoms with E-state index in [2.05, 4.69) is 39.3 Å². The maximum absolute atomic E-state index is 13.5. The van der Waals surface area contributed by atoms with E-state index >= 15 is 0 Å². The van der Waals surface area contributed by atoms with Crippen LogP contribution in [0.15, 0.2) is 67.0 Å². The van der Waals surface area contributed by atoms with Crippen LogP contribution in [0.4, 0.5) is 5.69 Å². The second-order valence-corrected chi connectivity index (χ2v) is 10.9. The molecule has 0 aliphatic carbocycles. The topological polar surface area (TPSA) is 101 Å². The van der Waals surface area contributed by atoms with Crippen LogP contribution < -0.4 is 20.3 Å². The molecule has 2 bridgehead atoms. The molecule has 9 heteroatoms. The molecule has 1 atom stereocenters. The number of ether oxygens (including phenoxy) is 1. The van der Waals surface area contributed by atoms with E-state index in [1.54, 1.807) is 6.20 Å². The molecule has 5 rings (SSSR count). The molecule has 41 heavy (non-hydrogen) atoms. The molecule has 2 aromatic heterocycles. The molecule has 2 aromatic carbocycles. The second-order valence-electron chi connectivity index (χ2n) is 10.9. The van der Waals surface area contributed by atoms with Gasteiger partial charge >= 0.3 is 0 Å². The average Bonchev–Trinajstić information content (AvgIpc) is 3.42. The standard InChI is InChI=1S/C32H38N6O3/c1-22(2)18-28-32(40)34-13-16-37-15-12-33-31(37)24-8-6-9-25(20-24)41-17-7-14-38(21-30(39)36-28)29-19-23(3)35-27-11-5-4-10-26(27)29/h4-6,8-12,15,19-20,22,28H,7,13-14,16-18,21H2,1-3H3,(H,34,40)(H,36,39)/t28-/m1/s1. The molecular weight excluding hydrogens is 516 g/mol. The number of hydrogen-bond acceptors (Lipinski definition) is 6. The second kappa shape index (κ2) is 12.8. The van der Waals surface area contributed by atoms with E-state index in [4.69, 9.17) is 4.74 Å². The summed E-state index contributed by atoms with van der Waals surface area (Å²) in [5.41, 5.74) is 3.65. The van der Waals surface area contributed by atoms with Crippen molar-refractivity contribution in [3.8, 4) is 17.1 Å². The van der Waals surface area contributed by atoms with E-state index in [0.29, 0.717) is 39.1 Å². The number of benzene rings is 2. The van der Waals surface area contributed by atoms with Gasteiger partial charge < -0.3 is 24.8 Å². The van der Waals surface area contributed by atoms with Gasteiger partial charge in [-0.25, -0.2) is 4.98 Å². The van der Waals surface area contributed by atoms with E-state index < -0.39 is 6.04 Å². The minimum atomic E-state index is -0.624. The molecule has 0 saturated carbocycles. The number of pyridine rings is 1. The fourth-order valence-corrected chi connectivity index (χ4v) is 5.29. The van der Waals surface area contributed by atoms with Crippen LogP contribution in [0.2, 0.25) is 0 Å².